The van der Waals surface area contributed by atoms with Gasteiger partial charge in [-0.1, -0.05) is 13.0 Å². The highest BCUT2D eigenvalue weighted by molar-refractivity contribution is 4.70. The van der Waals surface area contributed by atoms with Crippen LogP contribution in [0.1, 0.15) is 26.2 Å². The van der Waals surface area contributed by atoms with Crippen molar-refractivity contribution in [2.75, 3.05) is 6.61 Å². The van der Waals surface area contributed by atoms with E-state index in [-0.39, 0.29) is 6.61 Å². The van der Waals surface area contributed by atoms with Gasteiger partial charge in [-0.15, -0.1) is 0 Å². The van der Waals surface area contributed by atoms with Gasteiger partial charge in [-0.3, -0.25) is 0 Å². The first-order chi connectivity index (χ1) is 3.91. The largest absolute Gasteiger partial charge is 0.396 e. The van der Waals surface area contributed by atoms with Crippen LogP contribution in [0.25, 0.3) is 0 Å². The summed E-state index contributed by atoms with van der Waals surface area (Å²) in [4.78, 5) is 0. The van der Waals surface area contributed by atoms with Crippen molar-refractivity contribution >= 4 is 0 Å². The van der Waals surface area contributed by atoms with Crippen molar-refractivity contribution in [2.45, 2.75) is 26.2 Å². The molecule has 0 heterocycles. The van der Waals surface area contributed by atoms with Crippen molar-refractivity contribution in [3.05, 3.63) is 12.2 Å². The zero-order valence-electron chi connectivity index (χ0n) is 5.35. The third-order valence-corrected chi connectivity index (χ3v) is 0.828. The molecule has 0 saturated heterocycles. The summed E-state index contributed by atoms with van der Waals surface area (Å²) >= 11 is 0. The van der Waals surface area contributed by atoms with Crippen LogP contribution in [0.4, 0.5) is 0 Å². The van der Waals surface area contributed by atoms with E-state index in [0.29, 0.717) is 0 Å². The maximum absolute atomic E-state index is 8.31. The van der Waals surface area contributed by atoms with Crippen molar-refractivity contribution in [1.82, 2.24) is 0 Å². The lowest BCUT2D eigenvalue weighted by Crippen LogP contribution is -1.78. The van der Waals surface area contributed by atoms with Crippen LogP contribution in [0.2, 0.25) is 0 Å². The van der Waals surface area contributed by atoms with E-state index in [1.807, 2.05) is 6.08 Å². The highest BCUT2D eigenvalue weighted by Gasteiger charge is 1.76. The summed E-state index contributed by atoms with van der Waals surface area (Å²) in [6.07, 6.45) is 7.83. The number of hydrogen-bond donors (Lipinski definition) is 1. The van der Waals surface area contributed by atoms with Crippen LogP contribution in [0, 0.1) is 6.08 Å². The first-order valence-corrected chi connectivity index (χ1v) is 3.07. The number of unbranched alkanes of at least 4 members (excludes halogenated alkanes) is 1. The molecule has 0 bridgehead atoms. The Morgan fingerprint density at radius 1 is 1.62 bits per heavy atom. The molecule has 0 fully saturated rings. The van der Waals surface area contributed by atoms with E-state index in [1.165, 1.54) is 0 Å². The predicted molar refractivity (Wildman–Crippen MR) is 34.4 cm³/mol. The van der Waals surface area contributed by atoms with Crippen LogP contribution in [0.15, 0.2) is 6.08 Å². The molecule has 0 spiro atoms. The minimum atomic E-state index is 0.282. The summed E-state index contributed by atoms with van der Waals surface area (Å²) in [6, 6.07) is 0. The Balaban J connectivity index is 2.80. The Hall–Kier alpha value is -0.300. The van der Waals surface area contributed by atoms with Gasteiger partial charge in [0, 0.05) is 6.61 Å². The number of rotatable bonds is 4. The highest BCUT2D eigenvalue weighted by atomic mass is 16.2. The summed E-state index contributed by atoms with van der Waals surface area (Å²) in [5, 5.41) is 8.31. The Bertz CT molecular complexity index is 57.4. The van der Waals surface area contributed by atoms with Crippen LogP contribution in [0.3, 0.4) is 0 Å². The van der Waals surface area contributed by atoms with E-state index in [9.17, 15) is 0 Å². The van der Waals surface area contributed by atoms with Crippen LogP contribution in [-0.2, 0) is 0 Å². The smallest absolute Gasteiger partial charge is 0.0434 e. The fraction of sp³-hybridized carbons (Fsp3) is 0.714. The summed E-state index contributed by atoms with van der Waals surface area (Å²) in [7, 11) is 0. The van der Waals surface area contributed by atoms with E-state index in [2.05, 4.69) is 13.0 Å². The van der Waals surface area contributed by atoms with Crippen molar-refractivity contribution in [3.63, 3.8) is 0 Å². The van der Waals surface area contributed by atoms with Gasteiger partial charge in [-0.2, -0.15) is 0 Å². The molecule has 1 N–H and O–H groups in total. The summed E-state index contributed by atoms with van der Waals surface area (Å²) in [5.74, 6) is 0. The Labute approximate surface area is 51.0 Å². The quantitative estimate of drug-likeness (QED) is 0.548. The summed E-state index contributed by atoms with van der Waals surface area (Å²) in [6.45, 7) is 2.36. The standard InChI is InChI=1S/C7H13O/c1-2-3-4-5-6-7-8/h3,8H,2,5-7H2,1H3. The summed E-state index contributed by atoms with van der Waals surface area (Å²) in [5.41, 5.74) is 0. The van der Waals surface area contributed by atoms with Crippen molar-refractivity contribution in [3.8, 4) is 0 Å². The van der Waals surface area contributed by atoms with E-state index in [0.717, 1.165) is 19.3 Å². The van der Waals surface area contributed by atoms with Crippen molar-refractivity contribution < 1.29 is 5.11 Å². The van der Waals surface area contributed by atoms with Gasteiger partial charge in [-0.25, -0.2) is 0 Å². The maximum Gasteiger partial charge on any atom is 0.0434 e. The molecule has 0 rings (SSSR count). The Morgan fingerprint density at radius 3 is 2.88 bits per heavy atom. The number of hydrogen-bond acceptors (Lipinski definition) is 1. The average molecular weight is 113 g/mol. The minimum Gasteiger partial charge on any atom is -0.396 e. The molecule has 0 unspecified atom stereocenters. The molecule has 47 valence electrons. The van der Waals surface area contributed by atoms with E-state index in [1.54, 1.807) is 0 Å². The topological polar surface area (TPSA) is 20.2 Å². The second kappa shape index (κ2) is 6.70. The minimum absolute atomic E-state index is 0.282. The molecule has 0 aromatic rings. The van der Waals surface area contributed by atoms with Crippen LogP contribution < -0.4 is 0 Å². The van der Waals surface area contributed by atoms with Crippen LogP contribution in [-0.4, -0.2) is 11.7 Å². The van der Waals surface area contributed by atoms with E-state index in [4.69, 9.17) is 5.11 Å². The first-order valence-electron chi connectivity index (χ1n) is 3.07. The Morgan fingerprint density at radius 2 is 2.38 bits per heavy atom. The zero-order valence-corrected chi connectivity index (χ0v) is 5.35. The number of allylic oxidation sites excluding steroid dienone is 2. The lowest BCUT2D eigenvalue weighted by molar-refractivity contribution is 0.289. The van der Waals surface area contributed by atoms with Crippen LogP contribution >= 0.6 is 0 Å². The molecule has 0 aromatic heterocycles. The van der Waals surface area contributed by atoms with E-state index >= 15 is 0 Å². The molecular weight excluding hydrogens is 100 g/mol. The second-order valence-electron chi connectivity index (χ2n) is 1.64. The van der Waals surface area contributed by atoms with Gasteiger partial charge in [0.1, 0.15) is 0 Å². The summed E-state index contributed by atoms with van der Waals surface area (Å²) < 4.78 is 0. The molecule has 1 heteroatoms. The molecular formula is C7H13O. The number of aliphatic hydroxyl groups is 1. The molecule has 1 nitrogen and oxygen atoms in total. The Kier molecular flexibility index (Phi) is 6.45. The van der Waals surface area contributed by atoms with Crippen LogP contribution in [0.5, 0.6) is 0 Å². The van der Waals surface area contributed by atoms with Crippen molar-refractivity contribution in [1.29, 1.82) is 0 Å². The molecule has 0 aliphatic rings. The fourth-order valence-corrected chi connectivity index (χ4v) is 0.428. The van der Waals surface area contributed by atoms with E-state index < -0.39 is 0 Å². The van der Waals surface area contributed by atoms with Gasteiger partial charge in [0.15, 0.2) is 0 Å². The maximum atomic E-state index is 8.31. The van der Waals surface area contributed by atoms with Gasteiger partial charge < -0.3 is 5.11 Å². The zero-order chi connectivity index (χ0) is 6.24. The average Bonchev–Trinajstić information content (AvgIpc) is 1.81. The normalized spacial score (nSPS) is 10.8. The molecule has 1 radical (unpaired) electrons. The third-order valence-electron chi connectivity index (χ3n) is 0.828. The monoisotopic (exact) mass is 113 g/mol. The molecule has 8 heavy (non-hydrogen) atoms. The molecule has 0 saturated carbocycles. The van der Waals surface area contributed by atoms with Gasteiger partial charge in [0.05, 0.1) is 0 Å². The predicted octanol–water partition coefficient (Wildman–Crippen LogP) is 1.53. The van der Waals surface area contributed by atoms with Gasteiger partial charge in [0.2, 0.25) is 0 Å². The third kappa shape index (κ3) is 5.70. The van der Waals surface area contributed by atoms with Gasteiger partial charge in [-0.05, 0) is 25.3 Å². The molecule has 0 aliphatic carbocycles. The SMILES string of the molecule is CCC=[C]CCCO. The molecule has 0 amide bonds. The molecule has 0 atom stereocenters. The van der Waals surface area contributed by atoms with Crippen molar-refractivity contribution in [2.24, 2.45) is 0 Å². The first kappa shape index (κ1) is 7.70. The molecule has 0 aromatic carbocycles. The van der Waals surface area contributed by atoms with Gasteiger partial charge >= 0.3 is 0 Å². The number of aliphatic hydroxyl groups excluding tert-OH is 1. The molecule has 0 aliphatic heterocycles. The fourth-order valence-electron chi connectivity index (χ4n) is 0.428. The highest BCUT2D eigenvalue weighted by Crippen LogP contribution is 1.88. The lowest BCUT2D eigenvalue weighted by Gasteiger charge is -1.84. The van der Waals surface area contributed by atoms with Gasteiger partial charge in [0.25, 0.3) is 0 Å². The second-order valence-corrected chi connectivity index (χ2v) is 1.64. The lowest BCUT2D eigenvalue weighted by atomic mass is 10.3.